The monoisotopic (exact) mass is 428 g/mol. The maximum Gasteiger partial charge on any atom is 0.227 e. The Morgan fingerprint density at radius 3 is 2.59 bits per heavy atom. The third kappa shape index (κ3) is 2.67. The van der Waals surface area contributed by atoms with E-state index >= 15 is 0 Å². The van der Waals surface area contributed by atoms with Gasteiger partial charge in [0.25, 0.3) is 0 Å². The molecule has 32 heavy (non-hydrogen) atoms. The third-order valence-electron chi connectivity index (χ3n) is 5.95. The molecule has 0 aliphatic carbocycles. The van der Waals surface area contributed by atoms with E-state index in [4.69, 9.17) is 9.40 Å². The summed E-state index contributed by atoms with van der Waals surface area (Å²) in [6.07, 6.45) is 1.81. The van der Waals surface area contributed by atoms with Crippen LogP contribution in [0.2, 0.25) is 0 Å². The Bertz CT molecular complexity index is 1790. The first-order chi connectivity index (χ1) is 15.8. The highest BCUT2D eigenvalue weighted by Crippen LogP contribution is 2.40. The van der Waals surface area contributed by atoms with E-state index in [9.17, 15) is 0 Å². The summed E-state index contributed by atoms with van der Waals surface area (Å²) in [6.45, 7) is 0. The second-order valence-corrected chi connectivity index (χ2v) is 8.95. The molecular formula is C28H16N2OS. The molecule has 0 atom stereocenters. The summed E-state index contributed by atoms with van der Waals surface area (Å²) in [5, 5.41) is 3.68. The molecule has 3 aromatic heterocycles. The molecule has 0 saturated heterocycles. The molecular weight excluding hydrogens is 412 g/mol. The summed E-state index contributed by atoms with van der Waals surface area (Å²) in [5.74, 6) is 0.628. The zero-order valence-electron chi connectivity index (χ0n) is 16.9. The fourth-order valence-electron chi connectivity index (χ4n) is 4.40. The second kappa shape index (κ2) is 6.74. The molecule has 0 saturated carbocycles. The summed E-state index contributed by atoms with van der Waals surface area (Å²) in [4.78, 5) is 9.21. The fraction of sp³-hybridized carbons (Fsp3) is 0. The molecule has 0 spiro atoms. The first-order valence-electron chi connectivity index (χ1n) is 10.5. The first kappa shape index (κ1) is 17.6. The Hall–Kier alpha value is -4.02. The predicted molar refractivity (Wildman–Crippen MR) is 133 cm³/mol. The van der Waals surface area contributed by atoms with Crippen LogP contribution in [-0.2, 0) is 0 Å². The van der Waals surface area contributed by atoms with Crippen molar-refractivity contribution in [2.24, 2.45) is 0 Å². The quantitative estimate of drug-likeness (QED) is 0.279. The third-order valence-corrected chi connectivity index (χ3v) is 7.17. The van der Waals surface area contributed by atoms with Gasteiger partial charge in [-0.15, -0.1) is 11.3 Å². The van der Waals surface area contributed by atoms with Gasteiger partial charge in [0.15, 0.2) is 5.58 Å². The van der Waals surface area contributed by atoms with Gasteiger partial charge < -0.3 is 4.42 Å². The largest absolute Gasteiger partial charge is 0.436 e. The van der Waals surface area contributed by atoms with E-state index in [1.807, 2.05) is 35.6 Å². The molecule has 7 aromatic rings. The molecule has 0 fully saturated rings. The van der Waals surface area contributed by atoms with Gasteiger partial charge in [-0.25, -0.2) is 4.98 Å². The Kier molecular flexibility index (Phi) is 3.72. The maximum atomic E-state index is 6.10. The van der Waals surface area contributed by atoms with Crippen LogP contribution in [0.5, 0.6) is 0 Å². The maximum absolute atomic E-state index is 6.10. The van der Waals surface area contributed by atoms with Crippen LogP contribution in [0, 0.1) is 0 Å². The average Bonchev–Trinajstić information content (AvgIpc) is 3.44. The van der Waals surface area contributed by atoms with Crippen molar-refractivity contribution in [2.45, 2.75) is 0 Å². The standard InChI is InChI=1S/C28H16N2OS/c1-2-9-26-21(6-1)22-8-3-7-20(27(22)32-26)17-11-13-25-24(16-17)30-28(31-25)19-10-12-23-18(15-19)5-4-14-29-23/h1-16H. The molecule has 7 rings (SSSR count). The SMILES string of the molecule is c1cnc2ccc(-c3nc4cc(-c5cccc6c5sc5ccccc56)ccc4o3)cc2c1. The number of hydrogen-bond donors (Lipinski definition) is 0. The number of aromatic nitrogens is 2. The highest BCUT2D eigenvalue weighted by molar-refractivity contribution is 7.26. The summed E-state index contributed by atoms with van der Waals surface area (Å²) in [7, 11) is 0. The van der Waals surface area contributed by atoms with Crippen molar-refractivity contribution in [1.82, 2.24) is 9.97 Å². The summed E-state index contributed by atoms with van der Waals surface area (Å²) >= 11 is 1.84. The van der Waals surface area contributed by atoms with Crippen molar-refractivity contribution < 1.29 is 4.42 Å². The van der Waals surface area contributed by atoms with Crippen LogP contribution in [0.1, 0.15) is 0 Å². The minimum Gasteiger partial charge on any atom is -0.436 e. The molecule has 0 aliphatic rings. The summed E-state index contributed by atoms with van der Waals surface area (Å²) < 4.78 is 8.72. The Morgan fingerprint density at radius 2 is 1.59 bits per heavy atom. The van der Waals surface area contributed by atoms with Crippen LogP contribution >= 0.6 is 11.3 Å². The molecule has 3 nitrogen and oxygen atoms in total. The van der Waals surface area contributed by atoms with Gasteiger partial charge in [0.05, 0.1) is 5.52 Å². The second-order valence-electron chi connectivity index (χ2n) is 7.89. The lowest BCUT2D eigenvalue weighted by Crippen LogP contribution is -1.81. The average molecular weight is 429 g/mol. The molecule has 4 aromatic carbocycles. The minimum absolute atomic E-state index is 0.628. The smallest absolute Gasteiger partial charge is 0.227 e. The van der Waals surface area contributed by atoms with Crippen molar-refractivity contribution in [3.05, 3.63) is 97.2 Å². The van der Waals surface area contributed by atoms with Crippen LogP contribution < -0.4 is 0 Å². The minimum atomic E-state index is 0.628. The molecule has 0 unspecified atom stereocenters. The zero-order chi connectivity index (χ0) is 21.1. The van der Waals surface area contributed by atoms with E-state index in [-0.39, 0.29) is 0 Å². The van der Waals surface area contributed by atoms with Gasteiger partial charge in [0.2, 0.25) is 5.89 Å². The van der Waals surface area contributed by atoms with Crippen molar-refractivity contribution >= 4 is 53.5 Å². The van der Waals surface area contributed by atoms with E-state index in [1.165, 1.54) is 25.7 Å². The van der Waals surface area contributed by atoms with E-state index < -0.39 is 0 Å². The highest BCUT2D eigenvalue weighted by Gasteiger charge is 2.13. The van der Waals surface area contributed by atoms with Gasteiger partial charge >= 0.3 is 0 Å². The number of pyridine rings is 1. The van der Waals surface area contributed by atoms with E-state index in [0.29, 0.717) is 5.89 Å². The number of fused-ring (bicyclic) bond motifs is 5. The van der Waals surface area contributed by atoms with Gasteiger partial charge in [-0.05, 0) is 53.6 Å². The fourth-order valence-corrected chi connectivity index (χ4v) is 5.64. The van der Waals surface area contributed by atoms with Crippen molar-refractivity contribution in [2.75, 3.05) is 0 Å². The number of nitrogens with zero attached hydrogens (tertiary/aromatic N) is 2. The normalized spacial score (nSPS) is 11.8. The molecule has 0 bridgehead atoms. The molecule has 4 heteroatoms. The predicted octanol–water partition coefficient (Wildman–Crippen LogP) is 8.08. The van der Waals surface area contributed by atoms with Crippen molar-refractivity contribution in [1.29, 1.82) is 0 Å². The molecule has 0 radical (unpaired) electrons. The van der Waals surface area contributed by atoms with Crippen LogP contribution in [0.15, 0.2) is 102 Å². The molecule has 0 N–H and O–H groups in total. The Morgan fingerprint density at radius 1 is 0.688 bits per heavy atom. The van der Waals surface area contributed by atoms with Crippen LogP contribution in [-0.4, -0.2) is 9.97 Å². The lowest BCUT2D eigenvalue weighted by molar-refractivity contribution is 0.620. The van der Waals surface area contributed by atoms with Gasteiger partial charge in [-0.3, -0.25) is 4.98 Å². The van der Waals surface area contributed by atoms with Gasteiger partial charge in [-0.1, -0.05) is 48.5 Å². The first-order valence-corrected chi connectivity index (χ1v) is 11.3. The van der Waals surface area contributed by atoms with Gasteiger partial charge in [0, 0.05) is 37.3 Å². The molecule has 0 aliphatic heterocycles. The Balaban J connectivity index is 1.38. The van der Waals surface area contributed by atoms with E-state index in [1.54, 1.807) is 6.20 Å². The molecule has 150 valence electrons. The summed E-state index contributed by atoms with van der Waals surface area (Å²) in [5.41, 5.74) is 5.95. The summed E-state index contributed by atoms with van der Waals surface area (Å²) in [6, 6.07) is 31.5. The lowest BCUT2D eigenvalue weighted by Gasteiger charge is -2.03. The van der Waals surface area contributed by atoms with Crippen LogP contribution in [0.4, 0.5) is 0 Å². The topological polar surface area (TPSA) is 38.9 Å². The van der Waals surface area contributed by atoms with Crippen molar-refractivity contribution in [3.8, 4) is 22.6 Å². The van der Waals surface area contributed by atoms with E-state index in [2.05, 4.69) is 71.7 Å². The Labute approximate surface area is 187 Å². The highest BCUT2D eigenvalue weighted by atomic mass is 32.1. The van der Waals surface area contributed by atoms with Gasteiger partial charge in [-0.2, -0.15) is 0 Å². The number of hydrogen-bond acceptors (Lipinski definition) is 4. The lowest BCUT2D eigenvalue weighted by atomic mass is 10.0. The number of benzene rings is 4. The number of rotatable bonds is 2. The van der Waals surface area contributed by atoms with Gasteiger partial charge in [0.1, 0.15) is 5.52 Å². The zero-order valence-corrected chi connectivity index (χ0v) is 17.8. The molecule has 0 amide bonds. The molecule has 3 heterocycles. The van der Waals surface area contributed by atoms with Crippen molar-refractivity contribution in [3.63, 3.8) is 0 Å². The number of oxazole rings is 1. The number of thiophene rings is 1. The van der Waals surface area contributed by atoms with Crippen LogP contribution in [0.3, 0.4) is 0 Å². The van der Waals surface area contributed by atoms with Crippen LogP contribution in [0.25, 0.3) is 64.8 Å². The van der Waals surface area contributed by atoms with E-state index in [0.717, 1.165) is 33.1 Å².